The molecule has 4 rings (SSSR count). The molecule has 2 aliphatic rings. The quantitative estimate of drug-likeness (QED) is 0.937. The molecule has 1 saturated heterocycles. The van der Waals surface area contributed by atoms with Crippen molar-refractivity contribution >= 4 is 21.6 Å². The van der Waals surface area contributed by atoms with Crippen molar-refractivity contribution in [1.82, 2.24) is 15.2 Å². The largest absolute Gasteiger partial charge is 0.314 e. The maximum absolute atomic E-state index is 4.77. The summed E-state index contributed by atoms with van der Waals surface area (Å²) in [6, 6.07) is 6.84. The topological polar surface area (TPSA) is 28.2 Å². The Bertz CT molecular complexity index is 597. The van der Waals surface area contributed by atoms with Gasteiger partial charge in [-0.25, -0.2) is 4.98 Å². The lowest BCUT2D eigenvalue weighted by Gasteiger charge is -2.27. The predicted octanol–water partition coefficient (Wildman–Crippen LogP) is 2.62. The average Bonchev–Trinajstić information content (AvgIpc) is 3.26. The number of fused-ring (bicyclic) bond motifs is 1. The highest BCUT2D eigenvalue weighted by Gasteiger charge is 2.26. The molecule has 0 atom stereocenters. The van der Waals surface area contributed by atoms with Gasteiger partial charge in [0.05, 0.1) is 15.2 Å². The van der Waals surface area contributed by atoms with Gasteiger partial charge in [0.2, 0.25) is 0 Å². The molecule has 0 amide bonds. The molecule has 1 aliphatic heterocycles. The molecule has 1 aliphatic carbocycles. The maximum Gasteiger partial charge on any atom is 0.0969 e. The third-order valence-corrected chi connectivity index (χ3v) is 5.50. The number of nitrogens with one attached hydrogen (secondary N) is 1. The Labute approximate surface area is 124 Å². The summed E-state index contributed by atoms with van der Waals surface area (Å²) in [5.74, 6) is 0.775. The highest BCUT2D eigenvalue weighted by atomic mass is 32.1. The summed E-state index contributed by atoms with van der Waals surface area (Å²) in [5.41, 5.74) is 2.66. The molecule has 0 spiro atoms. The summed E-state index contributed by atoms with van der Waals surface area (Å²) >= 11 is 1.91. The van der Waals surface area contributed by atoms with Crippen LogP contribution in [0.25, 0.3) is 10.2 Å². The summed E-state index contributed by atoms with van der Waals surface area (Å²) in [6.07, 6.45) is 3.85. The lowest BCUT2D eigenvalue weighted by atomic mass is 10.1. The summed E-state index contributed by atoms with van der Waals surface area (Å²) < 4.78 is 1.38. The van der Waals surface area contributed by atoms with Crippen LogP contribution in [0.5, 0.6) is 0 Å². The van der Waals surface area contributed by atoms with Gasteiger partial charge in [0.15, 0.2) is 0 Å². The van der Waals surface area contributed by atoms with Gasteiger partial charge in [-0.2, -0.15) is 0 Å². The Balaban J connectivity index is 1.45. The standard InChI is InChI=1S/C16H21N3S/c1-4-14-15(20-16(18-14)13-2-3-13)11-12(1)5-8-19-9-6-17-7-10-19/h1,4,11,13,17H,2-3,5-10H2. The van der Waals surface area contributed by atoms with Gasteiger partial charge < -0.3 is 10.2 Å². The van der Waals surface area contributed by atoms with Crippen molar-refractivity contribution in [2.45, 2.75) is 25.2 Å². The number of aromatic nitrogens is 1. The number of rotatable bonds is 4. The van der Waals surface area contributed by atoms with E-state index in [4.69, 9.17) is 4.98 Å². The number of thiazole rings is 1. The van der Waals surface area contributed by atoms with Gasteiger partial charge in [0.25, 0.3) is 0 Å². The smallest absolute Gasteiger partial charge is 0.0969 e. The van der Waals surface area contributed by atoms with Gasteiger partial charge in [0, 0.05) is 38.6 Å². The first kappa shape index (κ1) is 12.7. The summed E-state index contributed by atoms with van der Waals surface area (Å²) in [4.78, 5) is 7.32. The van der Waals surface area contributed by atoms with Gasteiger partial charge in [-0.05, 0) is 37.0 Å². The fourth-order valence-corrected chi connectivity index (χ4v) is 4.07. The third kappa shape index (κ3) is 2.73. The van der Waals surface area contributed by atoms with Crippen LogP contribution >= 0.6 is 11.3 Å². The summed E-state index contributed by atoms with van der Waals surface area (Å²) in [5, 5.41) is 4.77. The van der Waals surface area contributed by atoms with E-state index in [1.54, 1.807) is 0 Å². The maximum atomic E-state index is 4.77. The summed E-state index contributed by atoms with van der Waals surface area (Å²) in [7, 11) is 0. The van der Waals surface area contributed by atoms with Crippen molar-refractivity contribution in [3.8, 4) is 0 Å². The van der Waals surface area contributed by atoms with E-state index in [2.05, 4.69) is 28.4 Å². The molecule has 2 heterocycles. The van der Waals surface area contributed by atoms with Crippen LogP contribution in [-0.2, 0) is 6.42 Å². The highest BCUT2D eigenvalue weighted by molar-refractivity contribution is 7.18. The van der Waals surface area contributed by atoms with E-state index >= 15 is 0 Å². The molecule has 3 nitrogen and oxygen atoms in total. The number of piperazine rings is 1. The highest BCUT2D eigenvalue weighted by Crippen LogP contribution is 2.43. The minimum Gasteiger partial charge on any atom is -0.314 e. The van der Waals surface area contributed by atoms with Gasteiger partial charge >= 0.3 is 0 Å². The normalized spacial score (nSPS) is 20.6. The van der Waals surface area contributed by atoms with Gasteiger partial charge in [-0.15, -0.1) is 11.3 Å². The number of benzene rings is 1. The predicted molar refractivity (Wildman–Crippen MR) is 84.6 cm³/mol. The second-order valence-corrected chi connectivity index (χ2v) is 7.03. The summed E-state index contributed by atoms with van der Waals surface area (Å²) in [6.45, 7) is 5.84. The van der Waals surface area contributed by atoms with E-state index in [0.29, 0.717) is 0 Å². The van der Waals surface area contributed by atoms with E-state index in [-0.39, 0.29) is 0 Å². The molecule has 0 radical (unpaired) electrons. The van der Waals surface area contributed by atoms with Crippen molar-refractivity contribution in [2.24, 2.45) is 0 Å². The van der Waals surface area contributed by atoms with Crippen LogP contribution in [0, 0.1) is 0 Å². The third-order valence-electron chi connectivity index (χ3n) is 4.32. The Morgan fingerprint density at radius 3 is 2.90 bits per heavy atom. The molecule has 20 heavy (non-hydrogen) atoms. The van der Waals surface area contributed by atoms with E-state index in [1.807, 2.05) is 11.3 Å². The molecule has 1 saturated carbocycles. The first-order chi connectivity index (χ1) is 9.88. The second kappa shape index (κ2) is 5.43. The van der Waals surface area contributed by atoms with Crippen molar-refractivity contribution < 1.29 is 0 Å². The number of hydrogen-bond donors (Lipinski definition) is 1. The minimum absolute atomic E-state index is 0.775. The molecule has 1 N–H and O–H groups in total. The van der Waals surface area contributed by atoms with Gasteiger partial charge in [0.1, 0.15) is 0 Å². The molecule has 1 aromatic heterocycles. The van der Waals surface area contributed by atoms with E-state index in [0.717, 1.165) is 25.4 Å². The Morgan fingerprint density at radius 1 is 1.25 bits per heavy atom. The van der Waals surface area contributed by atoms with Crippen LogP contribution < -0.4 is 5.32 Å². The van der Waals surface area contributed by atoms with E-state index in [1.165, 1.54) is 53.3 Å². The number of nitrogens with zero attached hydrogens (tertiary/aromatic N) is 2. The number of hydrogen-bond acceptors (Lipinski definition) is 4. The molecule has 2 fully saturated rings. The first-order valence-electron chi connectivity index (χ1n) is 7.71. The molecular weight excluding hydrogens is 266 g/mol. The zero-order valence-corrected chi connectivity index (χ0v) is 12.6. The van der Waals surface area contributed by atoms with Crippen molar-refractivity contribution in [1.29, 1.82) is 0 Å². The van der Waals surface area contributed by atoms with E-state index < -0.39 is 0 Å². The fraction of sp³-hybridized carbons (Fsp3) is 0.562. The zero-order chi connectivity index (χ0) is 13.4. The van der Waals surface area contributed by atoms with Crippen molar-refractivity contribution in [3.63, 3.8) is 0 Å². The molecule has 0 unspecified atom stereocenters. The lowest BCUT2D eigenvalue weighted by Crippen LogP contribution is -2.44. The fourth-order valence-electron chi connectivity index (χ4n) is 2.87. The first-order valence-corrected chi connectivity index (χ1v) is 8.52. The zero-order valence-electron chi connectivity index (χ0n) is 11.8. The Morgan fingerprint density at radius 2 is 2.10 bits per heavy atom. The molecule has 106 valence electrons. The van der Waals surface area contributed by atoms with Crippen LogP contribution in [-0.4, -0.2) is 42.6 Å². The molecular formula is C16H21N3S. The Kier molecular flexibility index (Phi) is 3.46. The second-order valence-electron chi connectivity index (χ2n) is 5.97. The van der Waals surface area contributed by atoms with Crippen molar-refractivity contribution in [2.75, 3.05) is 32.7 Å². The molecule has 2 aromatic rings. The van der Waals surface area contributed by atoms with Crippen LogP contribution in [0.2, 0.25) is 0 Å². The lowest BCUT2D eigenvalue weighted by molar-refractivity contribution is 0.244. The molecule has 1 aromatic carbocycles. The van der Waals surface area contributed by atoms with Gasteiger partial charge in [-0.1, -0.05) is 6.07 Å². The van der Waals surface area contributed by atoms with Crippen molar-refractivity contribution in [3.05, 3.63) is 28.8 Å². The SMILES string of the molecule is c1cc2nc(C3CC3)sc2cc1CCN1CCNCC1. The van der Waals surface area contributed by atoms with E-state index in [9.17, 15) is 0 Å². The average molecular weight is 287 g/mol. The van der Waals surface area contributed by atoms with Gasteiger partial charge in [-0.3, -0.25) is 0 Å². The van der Waals surface area contributed by atoms with Crippen LogP contribution in [0.1, 0.15) is 29.3 Å². The van der Waals surface area contributed by atoms with Crippen LogP contribution in [0.4, 0.5) is 0 Å². The Hall–Kier alpha value is -0.970. The molecule has 4 heteroatoms. The minimum atomic E-state index is 0.775. The van der Waals surface area contributed by atoms with Crippen LogP contribution in [0.15, 0.2) is 18.2 Å². The molecule has 0 bridgehead atoms. The van der Waals surface area contributed by atoms with Crippen LogP contribution in [0.3, 0.4) is 0 Å². The monoisotopic (exact) mass is 287 g/mol.